The van der Waals surface area contributed by atoms with E-state index < -0.39 is 0 Å². The van der Waals surface area contributed by atoms with E-state index in [1.807, 2.05) is 18.2 Å². The van der Waals surface area contributed by atoms with Gasteiger partial charge in [0, 0.05) is 16.1 Å². The molecule has 3 rings (SSSR count). The van der Waals surface area contributed by atoms with Gasteiger partial charge in [-0.2, -0.15) is 0 Å². The molecular formula is C14H9BrN2O2. The summed E-state index contributed by atoms with van der Waals surface area (Å²) in [5.41, 5.74) is 1.30. The van der Waals surface area contributed by atoms with Gasteiger partial charge in [0.05, 0.1) is 11.9 Å². The van der Waals surface area contributed by atoms with Crippen molar-refractivity contribution in [2.45, 2.75) is 0 Å². The highest BCUT2D eigenvalue weighted by Crippen LogP contribution is 2.27. The molecule has 4 nitrogen and oxygen atoms in total. The first-order valence-corrected chi connectivity index (χ1v) is 6.43. The molecule has 0 unspecified atom stereocenters. The third-order valence-electron chi connectivity index (χ3n) is 2.65. The van der Waals surface area contributed by atoms with Gasteiger partial charge >= 0.3 is 0 Å². The van der Waals surface area contributed by atoms with Gasteiger partial charge in [0.15, 0.2) is 5.76 Å². The van der Waals surface area contributed by atoms with Crippen LogP contribution in [0.4, 0.5) is 5.69 Å². The number of hydrogen-bond acceptors (Lipinski definition) is 3. The molecule has 94 valence electrons. The van der Waals surface area contributed by atoms with Crippen LogP contribution in [0.1, 0.15) is 10.6 Å². The fraction of sp³-hybridized carbons (Fsp3) is 0. The van der Waals surface area contributed by atoms with Crippen LogP contribution in [-0.4, -0.2) is 10.9 Å². The number of carbonyl (C=O) groups excluding carboxylic acids is 1. The molecule has 5 heteroatoms. The number of benzene rings is 1. The van der Waals surface area contributed by atoms with E-state index in [2.05, 4.69) is 26.2 Å². The molecule has 0 radical (unpaired) electrons. The van der Waals surface area contributed by atoms with Crippen molar-refractivity contribution in [2.75, 3.05) is 5.32 Å². The van der Waals surface area contributed by atoms with E-state index in [-0.39, 0.29) is 11.7 Å². The standard InChI is InChI=1S/C14H9BrN2O2/c15-11-4-1-5-12-10(11)7-13(19-12)14(18)17-9-3-2-6-16-8-9/h1-8H,(H,17,18). The Morgan fingerprint density at radius 2 is 2.16 bits per heavy atom. The lowest BCUT2D eigenvalue weighted by molar-refractivity contribution is 0.0998. The number of carbonyl (C=O) groups is 1. The average molecular weight is 317 g/mol. The number of furan rings is 1. The van der Waals surface area contributed by atoms with E-state index in [9.17, 15) is 4.79 Å². The van der Waals surface area contributed by atoms with Crippen LogP contribution in [0.5, 0.6) is 0 Å². The van der Waals surface area contributed by atoms with Crippen molar-refractivity contribution in [1.82, 2.24) is 4.98 Å². The lowest BCUT2D eigenvalue weighted by Gasteiger charge is -2.00. The second-order valence-corrected chi connectivity index (χ2v) is 4.81. The number of halogens is 1. The smallest absolute Gasteiger partial charge is 0.291 e. The topological polar surface area (TPSA) is 55.1 Å². The second kappa shape index (κ2) is 4.85. The number of aromatic nitrogens is 1. The van der Waals surface area contributed by atoms with Crippen molar-refractivity contribution in [2.24, 2.45) is 0 Å². The highest BCUT2D eigenvalue weighted by Gasteiger charge is 2.13. The van der Waals surface area contributed by atoms with Crippen LogP contribution in [0.15, 0.2) is 57.7 Å². The van der Waals surface area contributed by atoms with Gasteiger partial charge in [-0.05, 0) is 30.3 Å². The van der Waals surface area contributed by atoms with Crippen molar-refractivity contribution >= 4 is 38.5 Å². The van der Waals surface area contributed by atoms with Gasteiger partial charge in [0.2, 0.25) is 0 Å². The van der Waals surface area contributed by atoms with Gasteiger partial charge < -0.3 is 9.73 Å². The van der Waals surface area contributed by atoms with Gasteiger partial charge in [-0.15, -0.1) is 0 Å². The number of pyridine rings is 1. The molecule has 1 amide bonds. The Balaban J connectivity index is 1.92. The summed E-state index contributed by atoms with van der Waals surface area (Å²) in [6.07, 6.45) is 3.23. The summed E-state index contributed by atoms with van der Waals surface area (Å²) >= 11 is 3.42. The highest BCUT2D eigenvalue weighted by atomic mass is 79.9. The number of rotatable bonds is 2. The normalized spacial score (nSPS) is 10.6. The predicted octanol–water partition coefficient (Wildman–Crippen LogP) is 3.84. The molecular weight excluding hydrogens is 308 g/mol. The highest BCUT2D eigenvalue weighted by molar-refractivity contribution is 9.10. The molecule has 2 heterocycles. The van der Waals surface area contributed by atoms with Gasteiger partial charge in [0.1, 0.15) is 5.58 Å². The Hall–Kier alpha value is -2.14. The quantitative estimate of drug-likeness (QED) is 0.781. The summed E-state index contributed by atoms with van der Waals surface area (Å²) < 4.78 is 6.42. The van der Waals surface area contributed by atoms with Crippen molar-refractivity contribution in [1.29, 1.82) is 0 Å². The Kier molecular flexibility index (Phi) is 3.05. The van der Waals surface area contributed by atoms with Crippen LogP contribution in [0.2, 0.25) is 0 Å². The lowest BCUT2D eigenvalue weighted by Crippen LogP contribution is -2.10. The van der Waals surface area contributed by atoms with Gasteiger partial charge in [-0.1, -0.05) is 22.0 Å². The van der Waals surface area contributed by atoms with E-state index in [4.69, 9.17) is 4.42 Å². The number of hydrogen-bond donors (Lipinski definition) is 1. The number of fused-ring (bicyclic) bond motifs is 1. The maximum atomic E-state index is 12.0. The summed E-state index contributed by atoms with van der Waals surface area (Å²) in [5.74, 6) is -0.0261. The molecule has 19 heavy (non-hydrogen) atoms. The van der Waals surface area contributed by atoms with Crippen LogP contribution in [0.3, 0.4) is 0 Å². The average Bonchev–Trinajstić information content (AvgIpc) is 2.85. The number of anilines is 1. The van der Waals surface area contributed by atoms with Crippen molar-refractivity contribution < 1.29 is 9.21 Å². The number of amides is 1. The van der Waals surface area contributed by atoms with E-state index >= 15 is 0 Å². The molecule has 3 aromatic rings. The fourth-order valence-electron chi connectivity index (χ4n) is 1.77. The summed E-state index contributed by atoms with van der Waals surface area (Å²) in [5, 5.41) is 3.60. The van der Waals surface area contributed by atoms with E-state index in [0.29, 0.717) is 11.3 Å². The molecule has 0 atom stereocenters. The largest absolute Gasteiger partial charge is 0.451 e. The lowest BCUT2D eigenvalue weighted by atomic mass is 10.2. The molecule has 0 aliphatic rings. The molecule has 0 saturated carbocycles. The van der Waals surface area contributed by atoms with E-state index in [1.165, 1.54) is 0 Å². The summed E-state index contributed by atoms with van der Waals surface area (Å²) in [6.45, 7) is 0. The Bertz CT molecular complexity index is 738. The first kappa shape index (κ1) is 11.9. The van der Waals surface area contributed by atoms with E-state index in [0.717, 1.165) is 9.86 Å². The van der Waals surface area contributed by atoms with Crippen molar-refractivity contribution in [3.8, 4) is 0 Å². The Labute approximate surface area is 117 Å². The molecule has 2 aromatic heterocycles. The van der Waals surface area contributed by atoms with Crippen LogP contribution in [0, 0.1) is 0 Å². The van der Waals surface area contributed by atoms with Gasteiger partial charge in [-0.25, -0.2) is 0 Å². The van der Waals surface area contributed by atoms with Gasteiger partial charge in [0.25, 0.3) is 5.91 Å². The predicted molar refractivity (Wildman–Crippen MR) is 76.1 cm³/mol. The summed E-state index contributed by atoms with van der Waals surface area (Å²) in [4.78, 5) is 16.0. The third-order valence-corrected chi connectivity index (χ3v) is 3.34. The minimum atomic E-state index is -0.295. The van der Waals surface area contributed by atoms with E-state index in [1.54, 1.807) is 30.6 Å². The van der Waals surface area contributed by atoms with Crippen LogP contribution >= 0.6 is 15.9 Å². The molecule has 0 bridgehead atoms. The monoisotopic (exact) mass is 316 g/mol. The molecule has 0 fully saturated rings. The zero-order valence-corrected chi connectivity index (χ0v) is 11.3. The van der Waals surface area contributed by atoms with Gasteiger partial charge in [-0.3, -0.25) is 9.78 Å². The molecule has 0 saturated heterocycles. The first-order chi connectivity index (χ1) is 9.24. The number of nitrogens with one attached hydrogen (secondary N) is 1. The van der Waals surface area contributed by atoms with Crippen molar-refractivity contribution in [3.63, 3.8) is 0 Å². The number of nitrogens with zero attached hydrogens (tertiary/aromatic N) is 1. The molecule has 0 aliphatic carbocycles. The Morgan fingerprint density at radius 1 is 1.26 bits per heavy atom. The molecule has 0 spiro atoms. The van der Waals surface area contributed by atoms with Crippen molar-refractivity contribution in [3.05, 3.63) is 59.0 Å². The third kappa shape index (κ3) is 2.37. The van der Waals surface area contributed by atoms with Crippen LogP contribution in [0.25, 0.3) is 11.0 Å². The minimum Gasteiger partial charge on any atom is -0.451 e. The fourth-order valence-corrected chi connectivity index (χ4v) is 2.23. The Morgan fingerprint density at radius 3 is 2.89 bits per heavy atom. The van der Waals surface area contributed by atoms with Crippen LogP contribution in [-0.2, 0) is 0 Å². The molecule has 1 N–H and O–H groups in total. The minimum absolute atomic E-state index is 0.269. The zero-order chi connectivity index (χ0) is 13.2. The second-order valence-electron chi connectivity index (χ2n) is 3.96. The maximum absolute atomic E-state index is 12.0. The first-order valence-electron chi connectivity index (χ1n) is 5.63. The summed E-state index contributed by atoms with van der Waals surface area (Å²) in [6, 6.07) is 10.8. The summed E-state index contributed by atoms with van der Waals surface area (Å²) in [7, 11) is 0. The molecule has 0 aliphatic heterocycles. The van der Waals surface area contributed by atoms with Crippen LogP contribution < -0.4 is 5.32 Å². The maximum Gasteiger partial charge on any atom is 0.291 e. The zero-order valence-electron chi connectivity index (χ0n) is 9.76. The molecule has 1 aromatic carbocycles. The SMILES string of the molecule is O=C(Nc1cccnc1)c1cc2c(Br)cccc2o1.